The first-order valence-corrected chi connectivity index (χ1v) is 10.4. The Kier molecular flexibility index (Phi) is 6.20. The Balaban J connectivity index is 1.95. The third-order valence-corrected chi connectivity index (χ3v) is 6.15. The number of hydrogen-bond donors (Lipinski definition) is 0. The maximum absolute atomic E-state index is 13.3. The minimum atomic E-state index is -0.799. The number of hydrogen-bond acceptors (Lipinski definition) is 4. The molecule has 2 aliphatic rings. The quantitative estimate of drug-likeness (QED) is 0.476. The van der Waals surface area contributed by atoms with E-state index >= 15 is 0 Å². The van der Waals surface area contributed by atoms with Gasteiger partial charge in [0.25, 0.3) is 0 Å². The van der Waals surface area contributed by atoms with Crippen molar-refractivity contribution in [3.63, 3.8) is 0 Å². The van der Waals surface area contributed by atoms with Gasteiger partial charge in [-0.15, -0.1) is 0 Å². The van der Waals surface area contributed by atoms with Crippen molar-refractivity contribution in [3.05, 3.63) is 59.7 Å². The van der Waals surface area contributed by atoms with Gasteiger partial charge in [-0.25, -0.2) is 0 Å². The molecule has 3 unspecified atom stereocenters. The van der Waals surface area contributed by atoms with Crippen LogP contribution in [-0.4, -0.2) is 37.0 Å². The number of carbonyl (C=O) groups excluding carboxylic acids is 2. The predicted molar refractivity (Wildman–Crippen MR) is 118 cm³/mol. The summed E-state index contributed by atoms with van der Waals surface area (Å²) in [7, 11) is 3.27. The van der Waals surface area contributed by atoms with Crippen LogP contribution in [0.15, 0.2) is 48.6 Å². The fourth-order valence-electron chi connectivity index (χ4n) is 4.45. The van der Waals surface area contributed by atoms with Gasteiger partial charge in [-0.2, -0.15) is 0 Å². The van der Waals surface area contributed by atoms with E-state index in [9.17, 15) is 9.59 Å². The number of nitrogens with zero attached hydrogens (tertiary/aromatic N) is 1. The molecule has 5 heteroatoms. The molecular weight excluding hydrogens is 378 g/mol. The van der Waals surface area contributed by atoms with Gasteiger partial charge >= 0.3 is 0 Å². The molecule has 1 aromatic rings. The van der Waals surface area contributed by atoms with Crippen LogP contribution in [0.3, 0.4) is 0 Å². The molecule has 0 N–H and O–H groups in total. The molecule has 1 saturated heterocycles. The second kappa shape index (κ2) is 8.50. The van der Waals surface area contributed by atoms with Crippen molar-refractivity contribution in [1.82, 2.24) is 4.90 Å². The van der Waals surface area contributed by atoms with Gasteiger partial charge < -0.3 is 9.47 Å². The Labute approximate surface area is 179 Å². The average Bonchev–Trinajstić information content (AvgIpc) is 2.92. The second-order valence-corrected chi connectivity index (χ2v) is 8.39. The van der Waals surface area contributed by atoms with E-state index < -0.39 is 11.3 Å². The molecular formula is C25H31NO4. The highest BCUT2D eigenvalue weighted by molar-refractivity contribution is 6.09. The van der Waals surface area contributed by atoms with Crippen molar-refractivity contribution in [2.45, 2.75) is 46.1 Å². The van der Waals surface area contributed by atoms with Crippen molar-refractivity contribution in [2.24, 2.45) is 11.3 Å². The van der Waals surface area contributed by atoms with E-state index in [1.165, 1.54) is 4.90 Å². The molecule has 1 aliphatic carbocycles. The first kappa shape index (κ1) is 21.9. The van der Waals surface area contributed by atoms with Gasteiger partial charge in [0, 0.05) is 11.6 Å². The zero-order valence-electron chi connectivity index (χ0n) is 18.5. The van der Waals surface area contributed by atoms with Crippen molar-refractivity contribution in [2.75, 3.05) is 14.2 Å². The predicted octanol–water partition coefficient (Wildman–Crippen LogP) is 4.26. The largest absolute Gasteiger partial charge is 0.496 e. The topological polar surface area (TPSA) is 55.8 Å². The number of benzene rings is 1. The van der Waals surface area contributed by atoms with E-state index in [-0.39, 0.29) is 17.9 Å². The highest BCUT2D eigenvalue weighted by Crippen LogP contribution is 2.44. The smallest absolute Gasteiger partial charge is 0.240 e. The molecule has 0 radical (unpaired) electrons. The van der Waals surface area contributed by atoms with Crippen LogP contribution in [0.2, 0.25) is 0 Å². The van der Waals surface area contributed by atoms with Gasteiger partial charge in [0.1, 0.15) is 11.5 Å². The lowest BCUT2D eigenvalue weighted by molar-refractivity contribution is -0.143. The summed E-state index contributed by atoms with van der Waals surface area (Å²) in [6.45, 7) is 9.81. The Morgan fingerprint density at radius 2 is 1.80 bits per heavy atom. The van der Waals surface area contributed by atoms with Crippen molar-refractivity contribution < 1.29 is 19.1 Å². The molecule has 5 nitrogen and oxygen atoms in total. The van der Waals surface area contributed by atoms with Crippen LogP contribution in [0.25, 0.3) is 0 Å². The standard InChI is InChI=1S/C25H31NO4/c1-7-19(26-23(27)20-10-8-9-11-25(20,4)24(26)28)13-18-15-21(29-5)17(12-16(2)3)14-22(18)30-6/h8-11,14-15,19-20H,2,7,12-13H2,1,3-6H3. The molecule has 3 rings (SSSR count). The van der Waals surface area contributed by atoms with Crippen molar-refractivity contribution in [1.29, 1.82) is 0 Å². The van der Waals surface area contributed by atoms with Gasteiger partial charge in [0.15, 0.2) is 0 Å². The Hall–Kier alpha value is -2.82. The number of likely N-dealkylation sites (tertiary alicyclic amines) is 1. The summed E-state index contributed by atoms with van der Waals surface area (Å²) in [6, 6.07) is 3.68. The number of imide groups is 1. The van der Waals surface area contributed by atoms with E-state index in [0.29, 0.717) is 19.3 Å². The summed E-state index contributed by atoms with van der Waals surface area (Å²) in [4.78, 5) is 27.9. The second-order valence-electron chi connectivity index (χ2n) is 8.39. The summed E-state index contributed by atoms with van der Waals surface area (Å²) in [5.41, 5.74) is 2.14. The molecule has 2 amide bonds. The van der Waals surface area contributed by atoms with E-state index in [1.807, 2.05) is 57.2 Å². The molecule has 1 aromatic carbocycles. The lowest BCUT2D eigenvalue weighted by Crippen LogP contribution is -2.42. The Morgan fingerprint density at radius 1 is 1.17 bits per heavy atom. The Morgan fingerprint density at radius 3 is 2.37 bits per heavy atom. The summed E-state index contributed by atoms with van der Waals surface area (Å²) in [5.74, 6) is 0.801. The minimum absolute atomic E-state index is 0.125. The van der Waals surface area contributed by atoms with Gasteiger partial charge in [0.2, 0.25) is 11.8 Å². The van der Waals surface area contributed by atoms with E-state index in [0.717, 1.165) is 28.2 Å². The first-order valence-electron chi connectivity index (χ1n) is 10.4. The van der Waals surface area contributed by atoms with Crippen molar-refractivity contribution >= 4 is 11.8 Å². The summed E-state index contributed by atoms with van der Waals surface area (Å²) in [6.07, 6.45) is 9.24. The monoisotopic (exact) mass is 409 g/mol. The molecule has 3 atom stereocenters. The van der Waals surface area contributed by atoms with Gasteiger partial charge in [-0.05, 0) is 50.8 Å². The normalized spacial score (nSPS) is 23.5. The number of ether oxygens (including phenoxy) is 2. The lowest BCUT2D eigenvalue weighted by atomic mass is 9.76. The third kappa shape index (κ3) is 3.69. The number of allylic oxidation sites excluding steroid dienone is 3. The molecule has 1 heterocycles. The summed E-state index contributed by atoms with van der Waals surface area (Å²) < 4.78 is 11.2. The number of amides is 2. The van der Waals surface area contributed by atoms with Crippen LogP contribution in [0, 0.1) is 11.3 Å². The van der Waals surface area contributed by atoms with Crippen LogP contribution in [-0.2, 0) is 22.4 Å². The van der Waals surface area contributed by atoms with Gasteiger partial charge in [-0.1, -0.05) is 43.4 Å². The van der Waals surface area contributed by atoms with Crippen LogP contribution in [0.5, 0.6) is 11.5 Å². The van der Waals surface area contributed by atoms with Crippen LogP contribution >= 0.6 is 0 Å². The van der Waals surface area contributed by atoms with Crippen LogP contribution < -0.4 is 9.47 Å². The fraction of sp³-hybridized carbons (Fsp3) is 0.440. The highest BCUT2D eigenvalue weighted by atomic mass is 16.5. The van der Waals surface area contributed by atoms with E-state index in [4.69, 9.17) is 9.47 Å². The summed E-state index contributed by atoms with van der Waals surface area (Å²) >= 11 is 0. The first-order chi connectivity index (χ1) is 14.3. The summed E-state index contributed by atoms with van der Waals surface area (Å²) in [5, 5.41) is 0. The van der Waals surface area contributed by atoms with Crippen LogP contribution in [0.1, 0.15) is 38.3 Å². The van der Waals surface area contributed by atoms with Crippen LogP contribution in [0.4, 0.5) is 0 Å². The number of fused-ring (bicyclic) bond motifs is 1. The third-order valence-electron chi connectivity index (χ3n) is 6.15. The van der Waals surface area contributed by atoms with Gasteiger partial charge in [0.05, 0.1) is 25.6 Å². The maximum atomic E-state index is 13.3. The molecule has 30 heavy (non-hydrogen) atoms. The molecule has 0 saturated carbocycles. The molecule has 0 aromatic heterocycles. The molecule has 1 fully saturated rings. The molecule has 0 bridgehead atoms. The zero-order chi connectivity index (χ0) is 22.1. The number of methoxy groups -OCH3 is 2. The maximum Gasteiger partial charge on any atom is 0.240 e. The minimum Gasteiger partial charge on any atom is -0.496 e. The Bertz CT molecular complexity index is 929. The van der Waals surface area contributed by atoms with E-state index in [1.54, 1.807) is 14.2 Å². The molecule has 160 valence electrons. The van der Waals surface area contributed by atoms with Gasteiger partial charge in [-0.3, -0.25) is 14.5 Å². The van der Waals surface area contributed by atoms with E-state index in [2.05, 4.69) is 6.58 Å². The molecule has 1 aliphatic heterocycles. The molecule has 0 spiro atoms. The fourth-order valence-corrected chi connectivity index (χ4v) is 4.45. The highest BCUT2D eigenvalue weighted by Gasteiger charge is 2.56. The lowest BCUT2D eigenvalue weighted by Gasteiger charge is -2.28. The number of rotatable bonds is 8. The number of carbonyl (C=O) groups is 2. The SMILES string of the molecule is C=C(C)Cc1cc(OC)c(CC(CC)N2C(=O)C3C=CC=CC3(C)C2=O)cc1OC. The van der Waals surface area contributed by atoms with Crippen molar-refractivity contribution in [3.8, 4) is 11.5 Å². The zero-order valence-corrected chi connectivity index (χ0v) is 18.5. The average molecular weight is 410 g/mol.